The number of phenols is 1. The van der Waals surface area contributed by atoms with Gasteiger partial charge in [-0.25, -0.2) is 4.79 Å². The number of amides is 1. The predicted molar refractivity (Wildman–Crippen MR) is 151 cm³/mol. The van der Waals surface area contributed by atoms with E-state index in [0.29, 0.717) is 17.3 Å². The molecule has 1 aliphatic heterocycles. The summed E-state index contributed by atoms with van der Waals surface area (Å²) in [5.74, 6) is -0.169. The number of alkyl carbamates (subject to hydrolysis) is 1. The third kappa shape index (κ3) is 5.22. The largest absolute Gasteiger partial charge is 0.507 e. The van der Waals surface area contributed by atoms with Crippen LogP contribution >= 0.6 is 0 Å². The first-order valence-corrected chi connectivity index (χ1v) is 13.0. The Bertz CT molecular complexity index is 1380. The molecule has 200 valence electrons. The Labute approximate surface area is 228 Å². The highest BCUT2D eigenvalue weighted by Crippen LogP contribution is 2.44. The van der Waals surface area contributed by atoms with Gasteiger partial charge in [0.05, 0.1) is 16.8 Å². The van der Waals surface area contributed by atoms with Crippen LogP contribution < -0.4 is 5.32 Å². The second kappa shape index (κ2) is 10.4. The number of rotatable bonds is 7. The maximum absolute atomic E-state index is 12.9. The van der Waals surface area contributed by atoms with Gasteiger partial charge in [0.25, 0.3) is 0 Å². The molecule has 0 radical (unpaired) electrons. The number of nitrogens with one attached hydrogen (secondary N) is 1. The van der Waals surface area contributed by atoms with Crippen LogP contribution in [0, 0.1) is 0 Å². The normalized spacial score (nSPS) is 17.4. The molecule has 0 unspecified atom stereocenters. The van der Waals surface area contributed by atoms with Crippen molar-refractivity contribution in [1.82, 2.24) is 5.32 Å². The second-order valence-electron chi connectivity index (χ2n) is 10.9. The Kier molecular flexibility index (Phi) is 7.10. The summed E-state index contributed by atoms with van der Waals surface area (Å²) in [5.41, 5.74) is 4.92. The Balaban J connectivity index is 1.31. The lowest BCUT2D eigenvalue weighted by Gasteiger charge is -2.32. The molecule has 3 aromatic carbocycles. The zero-order valence-electron chi connectivity index (χ0n) is 22.6. The summed E-state index contributed by atoms with van der Waals surface area (Å²) in [6.45, 7) is 8.12. The fraction of sp³-hybridized carbons (Fsp3) is 0.290. The highest BCUT2D eigenvalue weighted by molar-refractivity contribution is 6.56. The maximum atomic E-state index is 12.9. The van der Waals surface area contributed by atoms with Gasteiger partial charge in [-0.15, -0.1) is 0 Å². The zero-order chi connectivity index (χ0) is 27.8. The summed E-state index contributed by atoms with van der Waals surface area (Å²) in [7, 11) is -0.725. The van der Waals surface area contributed by atoms with Crippen molar-refractivity contribution in [1.29, 1.82) is 0 Å². The SMILES string of the molecule is CC1(C)OB(C(=Cc2ccc(C=O)c(O)c2)CNC(=O)OCC2c3ccccc3-c3ccccc32)OC1(C)C. The van der Waals surface area contributed by atoms with Crippen LogP contribution in [0.3, 0.4) is 0 Å². The van der Waals surface area contributed by atoms with E-state index >= 15 is 0 Å². The molecule has 39 heavy (non-hydrogen) atoms. The fourth-order valence-electron chi connectivity index (χ4n) is 4.98. The van der Waals surface area contributed by atoms with Crippen molar-refractivity contribution in [3.05, 3.63) is 94.5 Å². The monoisotopic (exact) mass is 525 g/mol. The molecular weight excluding hydrogens is 493 g/mol. The standard InChI is InChI=1S/C31H32BNO6/c1-30(2)31(3,4)39-32(38-30)22(15-20-13-14-21(18-34)28(35)16-20)17-33-29(36)37-19-27-25-11-7-5-9-23(25)24-10-6-8-12-26(24)27/h5-16,18,27,35H,17,19H2,1-4H3,(H,33,36). The van der Waals surface area contributed by atoms with Crippen molar-refractivity contribution in [3.63, 3.8) is 0 Å². The maximum Gasteiger partial charge on any atom is 0.492 e. The van der Waals surface area contributed by atoms with E-state index in [1.807, 2.05) is 52.0 Å². The molecule has 0 atom stereocenters. The average Bonchev–Trinajstić information content (AvgIpc) is 3.34. The van der Waals surface area contributed by atoms with Crippen LogP contribution in [0.2, 0.25) is 0 Å². The molecular formula is C31H32BNO6. The molecule has 5 rings (SSSR count). The second-order valence-corrected chi connectivity index (χ2v) is 10.9. The van der Waals surface area contributed by atoms with Gasteiger partial charge in [-0.3, -0.25) is 4.79 Å². The van der Waals surface area contributed by atoms with Gasteiger partial charge < -0.3 is 24.5 Å². The lowest BCUT2D eigenvalue weighted by Crippen LogP contribution is -2.41. The first-order chi connectivity index (χ1) is 18.6. The average molecular weight is 525 g/mol. The lowest BCUT2D eigenvalue weighted by molar-refractivity contribution is 0.00578. The fourth-order valence-corrected chi connectivity index (χ4v) is 4.98. The first kappa shape index (κ1) is 26.7. The first-order valence-electron chi connectivity index (χ1n) is 13.0. The third-order valence-electron chi connectivity index (χ3n) is 7.87. The Morgan fingerprint density at radius 1 is 0.974 bits per heavy atom. The summed E-state index contributed by atoms with van der Waals surface area (Å²) in [6.07, 6.45) is 1.81. The van der Waals surface area contributed by atoms with Crippen LogP contribution in [0.25, 0.3) is 17.2 Å². The van der Waals surface area contributed by atoms with Crippen molar-refractivity contribution in [2.75, 3.05) is 13.2 Å². The highest BCUT2D eigenvalue weighted by atomic mass is 16.7. The lowest BCUT2D eigenvalue weighted by atomic mass is 9.77. The Hall–Kier alpha value is -3.88. The number of benzene rings is 3. The van der Waals surface area contributed by atoms with E-state index in [1.54, 1.807) is 12.1 Å². The van der Waals surface area contributed by atoms with Crippen LogP contribution in [0.15, 0.2) is 72.2 Å². The van der Waals surface area contributed by atoms with Gasteiger partial charge in [-0.05, 0) is 73.1 Å². The molecule has 1 fully saturated rings. The molecule has 0 saturated carbocycles. The van der Waals surface area contributed by atoms with Gasteiger partial charge >= 0.3 is 13.2 Å². The van der Waals surface area contributed by atoms with Gasteiger partial charge in [0, 0.05) is 12.5 Å². The molecule has 2 N–H and O–H groups in total. The van der Waals surface area contributed by atoms with Crippen LogP contribution in [-0.2, 0) is 14.0 Å². The predicted octanol–water partition coefficient (Wildman–Crippen LogP) is 5.76. The molecule has 1 aliphatic carbocycles. The molecule has 0 aromatic heterocycles. The van der Waals surface area contributed by atoms with Gasteiger partial charge in [-0.2, -0.15) is 0 Å². The molecule has 1 heterocycles. The summed E-state index contributed by atoms with van der Waals surface area (Å²) in [4.78, 5) is 24.0. The topological polar surface area (TPSA) is 94.1 Å². The smallest absolute Gasteiger partial charge is 0.492 e. The Morgan fingerprint density at radius 3 is 2.13 bits per heavy atom. The zero-order valence-corrected chi connectivity index (χ0v) is 22.6. The molecule has 7 nitrogen and oxygen atoms in total. The van der Waals surface area contributed by atoms with Crippen LogP contribution in [0.1, 0.15) is 60.7 Å². The third-order valence-corrected chi connectivity index (χ3v) is 7.87. The number of hydrogen-bond acceptors (Lipinski definition) is 6. The highest BCUT2D eigenvalue weighted by Gasteiger charge is 2.52. The number of carbonyl (C=O) groups is 2. The molecule has 0 spiro atoms. The van der Waals surface area contributed by atoms with Crippen molar-refractivity contribution in [2.45, 2.75) is 44.8 Å². The van der Waals surface area contributed by atoms with E-state index < -0.39 is 24.4 Å². The van der Waals surface area contributed by atoms with E-state index in [0.717, 1.165) is 22.3 Å². The minimum atomic E-state index is -0.725. The number of aldehydes is 1. The quantitative estimate of drug-likeness (QED) is 0.301. The molecule has 3 aromatic rings. The van der Waals surface area contributed by atoms with Crippen LogP contribution in [0.4, 0.5) is 4.79 Å². The van der Waals surface area contributed by atoms with Crippen molar-refractivity contribution in [3.8, 4) is 16.9 Å². The summed E-state index contributed by atoms with van der Waals surface area (Å²) < 4.78 is 18.1. The van der Waals surface area contributed by atoms with Crippen molar-refractivity contribution in [2.24, 2.45) is 0 Å². The summed E-state index contributed by atoms with van der Waals surface area (Å²) in [6, 6.07) is 21.1. The number of ether oxygens (including phenoxy) is 1. The van der Waals surface area contributed by atoms with Gasteiger partial charge in [0.1, 0.15) is 12.4 Å². The number of phenolic OH excluding ortho intramolecular Hbond substituents is 1. The van der Waals surface area contributed by atoms with Gasteiger partial charge in [0.15, 0.2) is 6.29 Å². The molecule has 1 saturated heterocycles. The molecule has 2 aliphatic rings. The summed E-state index contributed by atoms with van der Waals surface area (Å²) >= 11 is 0. The van der Waals surface area contributed by atoms with E-state index in [4.69, 9.17) is 14.0 Å². The molecule has 8 heteroatoms. The van der Waals surface area contributed by atoms with Gasteiger partial charge in [-0.1, -0.05) is 60.7 Å². The number of aromatic hydroxyl groups is 1. The van der Waals surface area contributed by atoms with Gasteiger partial charge in [0.2, 0.25) is 0 Å². The minimum Gasteiger partial charge on any atom is -0.507 e. The van der Waals surface area contributed by atoms with Crippen LogP contribution in [0.5, 0.6) is 5.75 Å². The number of fused-ring (bicyclic) bond motifs is 3. The van der Waals surface area contributed by atoms with Crippen molar-refractivity contribution >= 4 is 25.6 Å². The van der Waals surface area contributed by atoms with E-state index in [2.05, 4.69) is 29.6 Å². The van der Waals surface area contributed by atoms with Crippen molar-refractivity contribution < 1.29 is 28.7 Å². The molecule has 0 bridgehead atoms. The molecule has 1 amide bonds. The Morgan fingerprint density at radius 2 is 1.56 bits per heavy atom. The minimum absolute atomic E-state index is 0.0411. The van der Waals surface area contributed by atoms with E-state index in [1.165, 1.54) is 12.1 Å². The van der Waals surface area contributed by atoms with Crippen LogP contribution in [-0.4, -0.2) is 49.0 Å². The van der Waals surface area contributed by atoms with E-state index in [-0.39, 0.29) is 30.4 Å². The number of hydrogen-bond donors (Lipinski definition) is 2. The summed E-state index contributed by atoms with van der Waals surface area (Å²) in [5, 5.41) is 13.0. The number of carbonyl (C=O) groups excluding carboxylic acids is 2. The van der Waals surface area contributed by atoms with E-state index in [9.17, 15) is 14.7 Å².